The number of hydrogen-bond donors (Lipinski definition) is 1. The van der Waals surface area contributed by atoms with Gasteiger partial charge in [0.15, 0.2) is 0 Å². The molecule has 2 unspecified atom stereocenters. The molecule has 0 radical (unpaired) electrons. The molecular weight excluding hydrogens is 248 g/mol. The van der Waals surface area contributed by atoms with Crippen LogP contribution in [-0.2, 0) is 6.42 Å². The number of rotatable bonds is 1. The van der Waals surface area contributed by atoms with Crippen LogP contribution in [0.3, 0.4) is 0 Å². The van der Waals surface area contributed by atoms with Crippen molar-refractivity contribution in [2.75, 3.05) is 0 Å². The molecule has 0 saturated carbocycles. The number of aryl methyl sites for hydroxylation is 1. The SMILES string of the molecule is CCc1cc(O)c2c(c1)OC(C)(C)C1CCC(C)=CC21. The summed E-state index contributed by atoms with van der Waals surface area (Å²) in [5.74, 6) is 2.00. The quantitative estimate of drug-likeness (QED) is 0.759. The Morgan fingerprint density at radius 2 is 2.10 bits per heavy atom. The maximum absolute atomic E-state index is 10.5. The van der Waals surface area contributed by atoms with Crippen molar-refractivity contribution in [3.05, 3.63) is 34.9 Å². The smallest absolute Gasteiger partial charge is 0.127 e. The minimum atomic E-state index is -0.173. The van der Waals surface area contributed by atoms with Crippen molar-refractivity contribution in [1.82, 2.24) is 0 Å². The van der Waals surface area contributed by atoms with Crippen LogP contribution in [0.5, 0.6) is 11.5 Å². The molecule has 0 aromatic heterocycles. The molecule has 108 valence electrons. The molecular formula is C18H24O2. The molecule has 0 saturated heterocycles. The number of ether oxygens (including phenoxy) is 1. The second-order valence-electron chi connectivity index (χ2n) is 6.77. The Balaban J connectivity index is 2.18. The summed E-state index contributed by atoms with van der Waals surface area (Å²) in [5, 5.41) is 10.5. The van der Waals surface area contributed by atoms with Crippen LogP contribution in [0.15, 0.2) is 23.8 Å². The lowest BCUT2D eigenvalue weighted by Gasteiger charge is -2.46. The summed E-state index contributed by atoms with van der Waals surface area (Å²) >= 11 is 0. The minimum absolute atomic E-state index is 0.173. The van der Waals surface area contributed by atoms with Gasteiger partial charge < -0.3 is 9.84 Å². The molecule has 20 heavy (non-hydrogen) atoms. The molecule has 1 heterocycles. The van der Waals surface area contributed by atoms with Crippen molar-refractivity contribution in [2.45, 2.75) is 58.5 Å². The molecule has 0 bridgehead atoms. The summed E-state index contributed by atoms with van der Waals surface area (Å²) in [7, 11) is 0. The first-order chi connectivity index (χ1) is 9.42. The van der Waals surface area contributed by atoms with Crippen molar-refractivity contribution in [3.8, 4) is 11.5 Å². The Bertz CT molecular complexity index is 569. The molecule has 1 aromatic rings. The normalized spacial score (nSPS) is 27.1. The first-order valence-corrected chi connectivity index (χ1v) is 7.64. The average molecular weight is 272 g/mol. The van der Waals surface area contributed by atoms with E-state index in [1.165, 1.54) is 5.57 Å². The van der Waals surface area contributed by atoms with Crippen molar-refractivity contribution in [1.29, 1.82) is 0 Å². The van der Waals surface area contributed by atoms with Crippen molar-refractivity contribution >= 4 is 0 Å². The van der Waals surface area contributed by atoms with Gasteiger partial charge in [0.05, 0.1) is 0 Å². The van der Waals surface area contributed by atoms with Gasteiger partial charge >= 0.3 is 0 Å². The monoisotopic (exact) mass is 272 g/mol. The molecule has 1 aromatic carbocycles. The Morgan fingerprint density at radius 1 is 1.35 bits per heavy atom. The van der Waals surface area contributed by atoms with Crippen LogP contribution in [-0.4, -0.2) is 10.7 Å². The number of hydrogen-bond acceptors (Lipinski definition) is 2. The van der Waals surface area contributed by atoms with Crippen LogP contribution in [0.1, 0.15) is 57.6 Å². The highest BCUT2D eigenvalue weighted by Gasteiger charge is 2.45. The highest BCUT2D eigenvalue weighted by molar-refractivity contribution is 5.53. The summed E-state index contributed by atoms with van der Waals surface area (Å²) in [6.45, 7) is 8.65. The lowest BCUT2D eigenvalue weighted by Crippen LogP contribution is -2.45. The maximum atomic E-state index is 10.5. The van der Waals surface area contributed by atoms with Gasteiger partial charge in [0.1, 0.15) is 17.1 Å². The van der Waals surface area contributed by atoms with E-state index in [1.807, 2.05) is 6.07 Å². The highest BCUT2D eigenvalue weighted by atomic mass is 16.5. The molecule has 0 amide bonds. The lowest BCUT2D eigenvalue weighted by molar-refractivity contribution is 0.0107. The molecule has 2 aliphatic rings. The predicted octanol–water partition coefficient (Wildman–Crippen LogP) is 4.57. The standard InChI is InChI=1S/C18H24O2/c1-5-12-9-15(19)17-13-8-11(2)6-7-14(13)18(3,4)20-16(17)10-12/h8-10,13-14,19H,5-7H2,1-4H3. The molecule has 1 aliphatic heterocycles. The fourth-order valence-corrected chi connectivity index (χ4v) is 3.78. The maximum Gasteiger partial charge on any atom is 0.127 e. The van der Waals surface area contributed by atoms with Crippen LogP contribution in [0.2, 0.25) is 0 Å². The fraction of sp³-hybridized carbons (Fsp3) is 0.556. The third-order valence-electron chi connectivity index (χ3n) is 4.93. The second kappa shape index (κ2) is 4.54. The van der Waals surface area contributed by atoms with Crippen molar-refractivity contribution < 1.29 is 9.84 Å². The number of fused-ring (bicyclic) bond motifs is 3. The zero-order chi connectivity index (χ0) is 14.5. The molecule has 0 fully saturated rings. The van der Waals surface area contributed by atoms with Crippen molar-refractivity contribution in [3.63, 3.8) is 0 Å². The number of benzene rings is 1. The van der Waals surface area contributed by atoms with Gasteiger partial charge in [-0.2, -0.15) is 0 Å². The van der Waals surface area contributed by atoms with Gasteiger partial charge in [0, 0.05) is 17.4 Å². The zero-order valence-corrected chi connectivity index (χ0v) is 12.9. The molecule has 2 nitrogen and oxygen atoms in total. The van der Waals surface area contributed by atoms with Crippen LogP contribution in [0.4, 0.5) is 0 Å². The fourth-order valence-electron chi connectivity index (χ4n) is 3.78. The first-order valence-electron chi connectivity index (χ1n) is 7.64. The van der Waals surface area contributed by atoms with E-state index in [0.29, 0.717) is 11.7 Å². The van der Waals surface area contributed by atoms with Crippen LogP contribution < -0.4 is 4.74 Å². The Hall–Kier alpha value is -1.44. The third kappa shape index (κ3) is 2.02. The van der Waals surface area contributed by atoms with Gasteiger partial charge in [0.25, 0.3) is 0 Å². The van der Waals surface area contributed by atoms with Crippen LogP contribution in [0.25, 0.3) is 0 Å². The topological polar surface area (TPSA) is 29.5 Å². The van der Waals surface area contributed by atoms with Gasteiger partial charge in [-0.15, -0.1) is 0 Å². The average Bonchev–Trinajstić information content (AvgIpc) is 2.36. The molecule has 0 spiro atoms. The summed E-state index contributed by atoms with van der Waals surface area (Å²) in [5.41, 5.74) is 3.37. The van der Waals surface area contributed by atoms with E-state index in [9.17, 15) is 5.11 Å². The molecule has 2 atom stereocenters. The summed E-state index contributed by atoms with van der Waals surface area (Å²) in [4.78, 5) is 0. The lowest BCUT2D eigenvalue weighted by atomic mass is 9.68. The first kappa shape index (κ1) is 13.5. The number of aromatic hydroxyl groups is 1. The Kier molecular flexibility index (Phi) is 3.07. The summed E-state index contributed by atoms with van der Waals surface area (Å²) in [6, 6.07) is 4.00. The minimum Gasteiger partial charge on any atom is -0.507 e. The highest BCUT2D eigenvalue weighted by Crippen LogP contribution is 2.53. The van der Waals surface area contributed by atoms with E-state index < -0.39 is 0 Å². The van der Waals surface area contributed by atoms with Gasteiger partial charge in [-0.25, -0.2) is 0 Å². The molecule has 1 aliphatic carbocycles. The molecule has 1 N–H and O–H groups in total. The molecule has 2 heteroatoms. The van der Waals surface area contributed by atoms with Crippen LogP contribution in [0, 0.1) is 5.92 Å². The molecule has 3 rings (SSSR count). The number of phenolic OH excluding ortho intramolecular Hbond substituents is 1. The summed E-state index contributed by atoms with van der Waals surface area (Å²) < 4.78 is 6.26. The van der Waals surface area contributed by atoms with E-state index in [4.69, 9.17) is 4.74 Å². The van der Waals surface area contributed by atoms with E-state index in [1.54, 1.807) is 0 Å². The predicted molar refractivity (Wildman–Crippen MR) is 81.4 cm³/mol. The van der Waals surface area contributed by atoms with Crippen LogP contribution >= 0.6 is 0 Å². The van der Waals surface area contributed by atoms with Gasteiger partial charge in [-0.3, -0.25) is 0 Å². The number of phenols is 1. The summed E-state index contributed by atoms with van der Waals surface area (Å²) in [6.07, 6.45) is 5.52. The van der Waals surface area contributed by atoms with Gasteiger partial charge in [-0.1, -0.05) is 18.6 Å². The Morgan fingerprint density at radius 3 is 2.80 bits per heavy atom. The van der Waals surface area contributed by atoms with Gasteiger partial charge in [-0.05, 0) is 57.7 Å². The van der Waals surface area contributed by atoms with E-state index in [0.717, 1.165) is 36.1 Å². The largest absolute Gasteiger partial charge is 0.507 e. The third-order valence-corrected chi connectivity index (χ3v) is 4.93. The second-order valence-corrected chi connectivity index (χ2v) is 6.77. The zero-order valence-electron chi connectivity index (χ0n) is 12.9. The van der Waals surface area contributed by atoms with Gasteiger partial charge in [0.2, 0.25) is 0 Å². The number of allylic oxidation sites excluding steroid dienone is 2. The van der Waals surface area contributed by atoms with E-state index in [-0.39, 0.29) is 11.5 Å². The van der Waals surface area contributed by atoms with E-state index in [2.05, 4.69) is 39.8 Å². The van der Waals surface area contributed by atoms with Crippen molar-refractivity contribution in [2.24, 2.45) is 5.92 Å². The van der Waals surface area contributed by atoms with E-state index >= 15 is 0 Å². The Labute approximate surface area is 121 Å².